The molecule has 0 N–H and O–H groups in total. The second-order valence-electron chi connectivity index (χ2n) is 6.86. The second kappa shape index (κ2) is 5.15. The molecule has 3 nitrogen and oxygen atoms in total. The molecule has 2 bridgehead atoms. The molecule has 0 saturated carbocycles. The van der Waals surface area contributed by atoms with Gasteiger partial charge in [0.1, 0.15) is 0 Å². The molecular weight excluding hydrogens is 386 g/mol. The molecule has 7 rings (SSSR count). The zero-order chi connectivity index (χ0) is 17.3. The Morgan fingerprint density at radius 1 is 0.615 bits per heavy atom. The van der Waals surface area contributed by atoms with Crippen LogP contribution in [0.4, 0.5) is 0 Å². The van der Waals surface area contributed by atoms with Crippen LogP contribution in [-0.2, 0) is 0 Å². The minimum Gasteiger partial charge on any atom is -0.152 e. The maximum Gasteiger partial charge on any atom is 0.0992 e. The molecule has 3 aliphatic carbocycles. The zero-order valence-electron chi connectivity index (χ0n) is 13.8. The third-order valence-corrected chi connectivity index (χ3v) is 6.04. The van der Waals surface area contributed by atoms with Gasteiger partial charge in [-0.25, -0.2) is 0 Å². The molecule has 0 fully saturated rings. The summed E-state index contributed by atoms with van der Waals surface area (Å²) >= 11 is 3.49. The summed E-state index contributed by atoms with van der Waals surface area (Å²) < 4.78 is 1.05. The highest BCUT2D eigenvalue weighted by Gasteiger charge is 2.44. The fraction of sp³-hybridized carbons (Fsp3) is 0.0909. The zero-order valence-corrected chi connectivity index (χ0v) is 15.4. The standard InChI is InChI=1S/C22H14BrN3/c23-13-9-11-14(12-10-13)26-24-21-19-15-5-1-2-6-16(15)20(22(21)25-26)18-8-4-3-7-17(18)19/h1-12,19-20H. The summed E-state index contributed by atoms with van der Waals surface area (Å²) in [5.41, 5.74) is 8.64. The molecule has 1 aromatic heterocycles. The lowest BCUT2D eigenvalue weighted by Crippen LogP contribution is -2.27. The predicted octanol–water partition coefficient (Wildman–Crippen LogP) is 5.02. The Morgan fingerprint density at radius 2 is 1.04 bits per heavy atom. The summed E-state index contributed by atoms with van der Waals surface area (Å²) in [5.74, 6) is 0.346. The van der Waals surface area contributed by atoms with Crippen molar-refractivity contribution in [2.45, 2.75) is 11.8 Å². The van der Waals surface area contributed by atoms with E-state index in [9.17, 15) is 0 Å². The third kappa shape index (κ3) is 1.82. The van der Waals surface area contributed by atoms with Crippen molar-refractivity contribution in [3.8, 4) is 5.69 Å². The SMILES string of the molecule is Brc1ccc(-n2nc3c(n2)C2c4ccccc4C3c3ccccc32)cc1. The third-order valence-electron chi connectivity index (χ3n) is 5.51. The number of hydrogen-bond donors (Lipinski definition) is 0. The molecule has 0 atom stereocenters. The van der Waals surface area contributed by atoms with Crippen LogP contribution >= 0.6 is 15.9 Å². The highest BCUT2D eigenvalue weighted by atomic mass is 79.9. The Balaban J connectivity index is 1.61. The maximum atomic E-state index is 4.92. The quantitative estimate of drug-likeness (QED) is 0.388. The summed E-state index contributed by atoms with van der Waals surface area (Å²) in [4.78, 5) is 1.79. The second-order valence-corrected chi connectivity index (χ2v) is 7.78. The average Bonchev–Trinajstić information content (AvgIpc) is 3.13. The molecule has 4 heteroatoms. The van der Waals surface area contributed by atoms with Gasteiger partial charge in [0.15, 0.2) is 0 Å². The molecule has 124 valence electrons. The minimum absolute atomic E-state index is 0.173. The lowest BCUT2D eigenvalue weighted by Gasteiger charge is -2.38. The van der Waals surface area contributed by atoms with Crippen molar-refractivity contribution < 1.29 is 0 Å². The van der Waals surface area contributed by atoms with Gasteiger partial charge in [0.05, 0.1) is 28.9 Å². The maximum absolute atomic E-state index is 4.92. The summed E-state index contributed by atoms with van der Waals surface area (Å²) in [6.07, 6.45) is 0. The van der Waals surface area contributed by atoms with E-state index in [1.54, 1.807) is 4.80 Å². The summed E-state index contributed by atoms with van der Waals surface area (Å²) in [6, 6.07) is 25.6. The molecule has 4 aromatic rings. The Morgan fingerprint density at radius 3 is 1.46 bits per heavy atom. The van der Waals surface area contributed by atoms with Gasteiger partial charge in [-0.05, 0) is 46.5 Å². The number of halogens is 1. The van der Waals surface area contributed by atoms with Crippen LogP contribution in [0, 0.1) is 0 Å². The van der Waals surface area contributed by atoms with Gasteiger partial charge in [0, 0.05) is 4.47 Å². The van der Waals surface area contributed by atoms with E-state index in [1.165, 1.54) is 22.3 Å². The molecule has 3 aliphatic rings. The van der Waals surface area contributed by atoms with Crippen LogP contribution in [0.3, 0.4) is 0 Å². The van der Waals surface area contributed by atoms with E-state index in [0.29, 0.717) is 0 Å². The van der Waals surface area contributed by atoms with Crippen molar-refractivity contribution in [3.63, 3.8) is 0 Å². The summed E-state index contributed by atoms with van der Waals surface area (Å²) in [5, 5.41) is 9.84. The monoisotopic (exact) mass is 399 g/mol. The number of aromatic nitrogens is 3. The normalized spacial score (nSPS) is 19.0. The Hall–Kier alpha value is -2.72. The Kier molecular flexibility index (Phi) is 2.86. The van der Waals surface area contributed by atoms with E-state index in [2.05, 4.69) is 64.5 Å². The molecule has 1 heterocycles. The van der Waals surface area contributed by atoms with Gasteiger partial charge in [0.25, 0.3) is 0 Å². The van der Waals surface area contributed by atoms with E-state index in [0.717, 1.165) is 21.5 Å². The van der Waals surface area contributed by atoms with Crippen molar-refractivity contribution in [2.75, 3.05) is 0 Å². The smallest absolute Gasteiger partial charge is 0.0992 e. The van der Waals surface area contributed by atoms with Gasteiger partial charge >= 0.3 is 0 Å². The summed E-state index contributed by atoms with van der Waals surface area (Å²) in [6.45, 7) is 0. The Labute approximate surface area is 159 Å². The first-order valence-electron chi connectivity index (χ1n) is 8.72. The first-order chi connectivity index (χ1) is 12.8. The lowest BCUT2D eigenvalue weighted by molar-refractivity contribution is 0.727. The van der Waals surface area contributed by atoms with Crippen molar-refractivity contribution in [3.05, 3.63) is 111 Å². The van der Waals surface area contributed by atoms with Crippen LogP contribution < -0.4 is 0 Å². The first kappa shape index (κ1) is 14.4. The highest BCUT2D eigenvalue weighted by Crippen LogP contribution is 2.54. The van der Waals surface area contributed by atoms with Crippen molar-refractivity contribution in [2.24, 2.45) is 0 Å². The van der Waals surface area contributed by atoms with E-state index < -0.39 is 0 Å². The first-order valence-corrected chi connectivity index (χ1v) is 9.51. The lowest BCUT2D eigenvalue weighted by atomic mass is 9.64. The fourth-order valence-electron chi connectivity index (χ4n) is 4.43. The topological polar surface area (TPSA) is 30.7 Å². The average molecular weight is 400 g/mol. The summed E-state index contributed by atoms with van der Waals surface area (Å²) in [7, 11) is 0. The van der Waals surface area contributed by atoms with Crippen LogP contribution in [0.2, 0.25) is 0 Å². The van der Waals surface area contributed by atoms with Gasteiger partial charge in [-0.15, -0.1) is 0 Å². The van der Waals surface area contributed by atoms with E-state index >= 15 is 0 Å². The predicted molar refractivity (Wildman–Crippen MR) is 104 cm³/mol. The molecule has 0 saturated heterocycles. The molecule has 0 unspecified atom stereocenters. The van der Waals surface area contributed by atoms with Crippen LogP contribution in [0.25, 0.3) is 5.69 Å². The molecule has 0 radical (unpaired) electrons. The van der Waals surface area contributed by atoms with Crippen LogP contribution in [-0.4, -0.2) is 15.0 Å². The van der Waals surface area contributed by atoms with E-state index in [4.69, 9.17) is 10.2 Å². The van der Waals surface area contributed by atoms with Crippen LogP contribution in [0.1, 0.15) is 45.5 Å². The Bertz CT molecular complexity index is 1050. The molecule has 0 amide bonds. The van der Waals surface area contributed by atoms with Crippen molar-refractivity contribution in [1.29, 1.82) is 0 Å². The largest absolute Gasteiger partial charge is 0.152 e. The number of hydrogen-bond acceptors (Lipinski definition) is 2. The van der Waals surface area contributed by atoms with Gasteiger partial charge in [-0.1, -0.05) is 64.5 Å². The number of benzene rings is 3. The molecule has 0 spiro atoms. The van der Waals surface area contributed by atoms with Gasteiger partial charge in [-0.2, -0.15) is 15.0 Å². The molecular formula is C22H14BrN3. The van der Waals surface area contributed by atoms with Crippen molar-refractivity contribution >= 4 is 15.9 Å². The molecule has 3 aromatic carbocycles. The minimum atomic E-state index is 0.173. The fourth-order valence-corrected chi connectivity index (χ4v) is 4.69. The van der Waals surface area contributed by atoms with Crippen LogP contribution in [0.15, 0.2) is 77.3 Å². The van der Waals surface area contributed by atoms with Crippen LogP contribution in [0.5, 0.6) is 0 Å². The van der Waals surface area contributed by atoms with E-state index in [-0.39, 0.29) is 11.8 Å². The van der Waals surface area contributed by atoms with E-state index in [1.807, 2.05) is 24.3 Å². The van der Waals surface area contributed by atoms with Gasteiger partial charge < -0.3 is 0 Å². The molecule has 0 aliphatic heterocycles. The van der Waals surface area contributed by atoms with Crippen molar-refractivity contribution in [1.82, 2.24) is 15.0 Å². The number of nitrogens with zero attached hydrogens (tertiary/aromatic N) is 3. The van der Waals surface area contributed by atoms with Gasteiger partial charge in [-0.3, -0.25) is 0 Å². The molecule has 26 heavy (non-hydrogen) atoms. The highest BCUT2D eigenvalue weighted by molar-refractivity contribution is 9.10. The number of rotatable bonds is 1. The van der Waals surface area contributed by atoms with Gasteiger partial charge in [0.2, 0.25) is 0 Å².